The van der Waals surface area contributed by atoms with Gasteiger partial charge in [0.1, 0.15) is 11.5 Å². The van der Waals surface area contributed by atoms with E-state index in [1.807, 2.05) is 53.9 Å². The molecule has 5 nitrogen and oxygen atoms in total. The Balaban J connectivity index is 1.64. The van der Waals surface area contributed by atoms with E-state index in [9.17, 15) is 4.79 Å². The zero-order valence-corrected chi connectivity index (χ0v) is 17.4. The largest absolute Gasteiger partial charge is 0.497 e. The number of methoxy groups -OCH3 is 1. The molecule has 0 aliphatic carbocycles. The summed E-state index contributed by atoms with van der Waals surface area (Å²) in [6, 6.07) is 15.3. The molecule has 150 valence electrons. The predicted molar refractivity (Wildman–Crippen MR) is 119 cm³/mol. The van der Waals surface area contributed by atoms with Crippen LogP contribution in [-0.2, 0) is 4.79 Å². The van der Waals surface area contributed by atoms with Crippen molar-refractivity contribution in [2.75, 3.05) is 19.0 Å². The molecule has 3 rings (SSSR count). The molecule has 0 unspecified atom stereocenters. The van der Waals surface area contributed by atoms with Crippen molar-refractivity contribution in [1.82, 2.24) is 4.98 Å². The van der Waals surface area contributed by atoms with Gasteiger partial charge in [-0.25, -0.2) is 4.98 Å². The van der Waals surface area contributed by atoms with Crippen molar-refractivity contribution in [2.24, 2.45) is 0 Å². The van der Waals surface area contributed by atoms with Crippen molar-refractivity contribution in [2.45, 2.75) is 19.8 Å². The van der Waals surface area contributed by atoms with Crippen LogP contribution in [0.5, 0.6) is 11.5 Å². The summed E-state index contributed by atoms with van der Waals surface area (Å²) in [6.07, 6.45) is 5.33. The first-order valence-electron chi connectivity index (χ1n) is 9.50. The number of benzene rings is 2. The molecule has 0 radical (unpaired) electrons. The fourth-order valence-electron chi connectivity index (χ4n) is 2.63. The van der Waals surface area contributed by atoms with Gasteiger partial charge in [-0.3, -0.25) is 10.1 Å². The van der Waals surface area contributed by atoms with Crippen LogP contribution in [0.2, 0.25) is 0 Å². The number of thiazole rings is 1. The van der Waals surface area contributed by atoms with Crippen LogP contribution in [0.4, 0.5) is 5.13 Å². The number of para-hydroxylation sites is 1. The molecule has 2 aromatic carbocycles. The van der Waals surface area contributed by atoms with Crippen LogP contribution in [0.1, 0.15) is 25.3 Å². The number of nitrogens with zero attached hydrogens (tertiary/aromatic N) is 1. The molecule has 0 bridgehead atoms. The van der Waals surface area contributed by atoms with E-state index in [2.05, 4.69) is 17.2 Å². The number of aromatic nitrogens is 1. The highest BCUT2D eigenvalue weighted by molar-refractivity contribution is 7.14. The highest BCUT2D eigenvalue weighted by Crippen LogP contribution is 2.27. The van der Waals surface area contributed by atoms with Crippen molar-refractivity contribution in [3.8, 4) is 22.8 Å². The van der Waals surface area contributed by atoms with Crippen LogP contribution in [0.15, 0.2) is 60.0 Å². The van der Waals surface area contributed by atoms with Gasteiger partial charge in [0, 0.05) is 22.6 Å². The quantitative estimate of drug-likeness (QED) is 0.367. The van der Waals surface area contributed by atoms with Gasteiger partial charge in [0.25, 0.3) is 0 Å². The van der Waals surface area contributed by atoms with E-state index < -0.39 is 0 Å². The Morgan fingerprint density at radius 3 is 2.90 bits per heavy atom. The van der Waals surface area contributed by atoms with Crippen LogP contribution in [-0.4, -0.2) is 24.6 Å². The maximum atomic E-state index is 12.3. The lowest BCUT2D eigenvalue weighted by Crippen LogP contribution is -2.07. The number of ether oxygens (including phenoxy) is 2. The molecule has 6 heteroatoms. The summed E-state index contributed by atoms with van der Waals surface area (Å²) in [6.45, 7) is 2.79. The SMILES string of the molecule is CCCCOc1ccccc1/C=C/C(=O)Nc1nc(-c2cccc(OC)c2)cs1. The van der Waals surface area contributed by atoms with E-state index >= 15 is 0 Å². The summed E-state index contributed by atoms with van der Waals surface area (Å²) in [7, 11) is 1.63. The van der Waals surface area contributed by atoms with Crippen molar-refractivity contribution in [3.05, 3.63) is 65.6 Å². The van der Waals surface area contributed by atoms with Gasteiger partial charge in [0.2, 0.25) is 5.91 Å². The summed E-state index contributed by atoms with van der Waals surface area (Å²) in [5, 5.41) is 5.27. The van der Waals surface area contributed by atoms with Crippen LogP contribution in [0.3, 0.4) is 0 Å². The van der Waals surface area contributed by atoms with E-state index in [1.165, 1.54) is 17.4 Å². The number of anilines is 1. The molecule has 1 heterocycles. The molecule has 1 aromatic heterocycles. The van der Waals surface area contributed by atoms with Gasteiger partial charge in [-0.05, 0) is 30.7 Å². The lowest BCUT2D eigenvalue weighted by atomic mass is 10.2. The average molecular weight is 409 g/mol. The average Bonchev–Trinajstić information content (AvgIpc) is 3.21. The van der Waals surface area contributed by atoms with Gasteiger partial charge in [-0.2, -0.15) is 0 Å². The molecule has 0 saturated carbocycles. The molecule has 0 atom stereocenters. The number of unbranched alkanes of at least 4 members (excludes halogenated alkanes) is 1. The lowest BCUT2D eigenvalue weighted by molar-refractivity contribution is -0.111. The molecule has 0 fully saturated rings. The third kappa shape index (κ3) is 5.93. The minimum absolute atomic E-state index is 0.236. The van der Waals surface area contributed by atoms with Gasteiger partial charge in [-0.1, -0.05) is 43.7 Å². The maximum Gasteiger partial charge on any atom is 0.250 e. The van der Waals surface area contributed by atoms with E-state index in [0.29, 0.717) is 11.7 Å². The van der Waals surface area contributed by atoms with Crippen LogP contribution < -0.4 is 14.8 Å². The summed E-state index contributed by atoms with van der Waals surface area (Å²) >= 11 is 1.38. The van der Waals surface area contributed by atoms with E-state index in [0.717, 1.165) is 41.2 Å². The Morgan fingerprint density at radius 1 is 1.21 bits per heavy atom. The van der Waals surface area contributed by atoms with Gasteiger partial charge >= 0.3 is 0 Å². The van der Waals surface area contributed by atoms with Crippen molar-refractivity contribution < 1.29 is 14.3 Å². The van der Waals surface area contributed by atoms with Crippen molar-refractivity contribution in [1.29, 1.82) is 0 Å². The molecule has 29 heavy (non-hydrogen) atoms. The highest BCUT2D eigenvalue weighted by atomic mass is 32.1. The second-order valence-electron chi connectivity index (χ2n) is 6.33. The zero-order chi connectivity index (χ0) is 20.5. The van der Waals surface area contributed by atoms with Gasteiger partial charge < -0.3 is 9.47 Å². The molecule has 0 saturated heterocycles. The maximum absolute atomic E-state index is 12.3. The van der Waals surface area contributed by atoms with Gasteiger partial charge in [-0.15, -0.1) is 11.3 Å². The zero-order valence-electron chi connectivity index (χ0n) is 16.6. The van der Waals surface area contributed by atoms with Crippen molar-refractivity contribution >= 4 is 28.5 Å². The Bertz CT molecular complexity index is 982. The van der Waals surface area contributed by atoms with E-state index in [4.69, 9.17) is 9.47 Å². The minimum Gasteiger partial charge on any atom is -0.497 e. The summed E-state index contributed by atoms with van der Waals surface area (Å²) in [5.41, 5.74) is 2.60. The third-order valence-electron chi connectivity index (χ3n) is 4.19. The van der Waals surface area contributed by atoms with E-state index in [1.54, 1.807) is 13.2 Å². The molecule has 0 spiro atoms. The number of nitrogens with one attached hydrogen (secondary N) is 1. The molecular formula is C23H24N2O3S. The van der Waals surface area contributed by atoms with E-state index in [-0.39, 0.29) is 5.91 Å². The van der Waals surface area contributed by atoms with Gasteiger partial charge in [0.05, 0.1) is 19.4 Å². The first kappa shape index (κ1) is 20.6. The first-order valence-corrected chi connectivity index (χ1v) is 10.4. The number of hydrogen-bond acceptors (Lipinski definition) is 5. The number of rotatable bonds is 9. The summed E-state index contributed by atoms with van der Waals surface area (Å²) < 4.78 is 11.0. The first-order chi connectivity index (χ1) is 14.2. The smallest absolute Gasteiger partial charge is 0.250 e. The van der Waals surface area contributed by atoms with Crippen LogP contribution in [0.25, 0.3) is 17.3 Å². The van der Waals surface area contributed by atoms with Crippen LogP contribution in [0, 0.1) is 0 Å². The molecule has 1 amide bonds. The second kappa shape index (κ2) is 10.4. The Hall–Kier alpha value is -3.12. The fraction of sp³-hybridized carbons (Fsp3) is 0.217. The molecule has 1 N–H and O–H groups in total. The normalized spacial score (nSPS) is 10.8. The standard InChI is InChI=1S/C23H24N2O3S/c1-3-4-14-28-21-11-6-5-8-17(21)12-13-22(26)25-23-24-20(16-29-23)18-9-7-10-19(15-18)27-2/h5-13,15-16H,3-4,14H2,1-2H3,(H,24,25,26)/b13-12+. The van der Waals surface area contributed by atoms with Gasteiger partial charge in [0.15, 0.2) is 5.13 Å². The second-order valence-corrected chi connectivity index (χ2v) is 7.19. The number of carbonyl (C=O) groups excluding carboxylic acids is 1. The van der Waals surface area contributed by atoms with Crippen molar-refractivity contribution in [3.63, 3.8) is 0 Å². The Labute approximate surface area is 175 Å². The molecule has 0 aliphatic heterocycles. The molecule has 0 aliphatic rings. The van der Waals surface area contributed by atoms with Crippen LogP contribution >= 0.6 is 11.3 Å². The monoisotopic (exact) mass is 408 g/mol. The molecule has 3 aromatic rings. The third-order valence-corrected chi connectivity index (χ3v) is 4.95. The summed E-state index contributed by atoms with van der Waals surface area (Å²) in [5.74, 6) is 1.31. The number of amides is 1. The predicted octanol–water partition coefficient (Wildman–Crippen LogP) is 5.65. The Morgan fingerprint density at radius 2 is 2.07 bits per heavy atom. The summed E-state index contributed by atoms with van der Waals surface area (Å²) in [4.78, 5) is 16.8. The lowest BCUT2D eigenvalue weighted by Gasteiger charge is -2.08. The number of carbonyl (C=O) groups is 1. The minimum atomic E-state index is -0.236. The highest BCUT2D eigenvalue weighted by Gasteiger charge is 2.08. The number of hydrogen-bond donors (Lipinski definition) is 1. The Kier molecular flexibility index (Phi) is 7.41. The molecular weight excluding hydrogens is 384 g/mol. The topological polar surface area (TPSA) is 60.5 Å². The fourth-order valence-corrected chi connectivity index (χ4v) is 3.36.